The van der Waals surface area contributed by atoms with Crippen LogP contribution in [0, 0.1) is 6.92 Å². The Morgan fingerprint density at radius 1 is 1.20 bits per heavy atom. The van der Waals surface area contributed by atoms with Crippen molar-refractivity contribution in [3.63, 3.8) is 0 Å². The summed E-state index contributed by atoms with van der Waals surface area (Å²) in [5, 5.41) is 10.9. The smallest absolute Gasteiger partial charge is 0.264 e. The minimum Gasteiger partial charge on any atom is -0.492 e. The molecule has 25 heavy (non-hydrogen) atoms. The van der Waals surface area contributed by atoms with Gasteiger partial charge in [0.05, 0.1) is 12.2 Å². The average molecular weight is 339 g/mol. The second-order valence-corrected chi connectivity index (χ2v) is 6.38. The summed E-state index contributed by atoms with van der Waals surface area (Å²) in [5.74, 6) is 0.0270. The van der Waals surface area contributed by atoms with E-state index in [0.717, 1.165) is 11.3 Å². The molecule has 0 radical (unpaired) electrons. The Balaban J connectivity index is 1.78. The molecule has 1 aliphatic heterocycles. The van der Waals surface area contributed by atoms with Crippen LogP contribution in [0.3, 0.4) is 0 Å². The van der Waals surface area contributed by atoms with E-state index in [1.54, 1.807) is 24.3 Å². The molecule has 0 saturated carbocycles. The van der Waals surface area contributed by atoms with Gasteiger partial charge in [-0.15, -0.1) is 0 Å². The minimum absolute atomic E-state index is 0.224. The van der Waals surface area contributed by atoms with Crippen molar-refractivity contribution in [2.24, 2.45) is 0 Å². The van der Waals surface area contributed by atoms with E-state index < -0.39 is 11.5 Å². The van der Waals surface area contributed by atoms with Crippen LogP contribution in [-0.4, -0.2) is 29.9 Å². The maximum Gasteiger partial charge on any atom is 0.264 e. The minimum atomic E-state index is -1.79. The lowest BCUT2D eigenvalue weighted by atomic mass is 9.90. The number of nitrogens with zero attached hydrogens (tertiary/aromatic N) is 1. The van der Waals surface area contributed by atoms with Crippen LogP contribution >= 0.6 is 0 Å². The van der Waals surface area contributed by atoms with Crippen LogP contribution in [-0.2, 0) is 15.2 Å². The Kier molecular flexibility index (Phi) is 4.59. The number of para-hydroxylation sites is 1. The van der Waals surface area contributed by atoms with Crippen molar-refractivity contribution < 1.29 is 19.4 Å². The molecule has 3 rings (SSSR count). The summed E-state index contributed by atoms with van der Waals surface area (Å²) in [6, 6.07) is 14.7. The van der Waals surface area contributed by atoms with Crippen LogP contribution in [0.5, 0.6) is 5.75 Å². The highest BCUT2D eigenvalue weighted by molar-refractivity contribution is 6.08. The van der Waals surface area contributed by atoms with E-state index in [4.69, 9.17) is 4.74 Å². The van der Waals surface area contributed by atoms with Crippen molar-refractivity contribution in [2.45, 2.75) is 25.9 Å². The van der Waals surface area contributed by atoms with Crippen LogP contribution in [0.15, 0.2) is 48.5 Å². The molecule has 5 heteroatoms. The molecule has 0 aliphatic carbocycles. The number of aliphatic hydroxyl groups is 1. The predicted octanol–water partition coefficient (Wildman–Crippen LogP) is 2.59. The zero-order valence-corrected chi connectivity index (χ0v) is 14.4. The summed E-state index contributed by atoms with van der Waals surface area (Å²) >= 11 is 0. The molecule has 130 valence electrons. The van der Waals surface area contributed by atoms with Crippen molar-refractivity contribution in [3.05, 3.63) is 59.7 Å². The van der Waals surface area contributed by atoms with E-state index >= 15 is 0 Å². The number of rotatable bonds is 6. The summed E-state index contributed by atoms with van der Waals surface area (Å²) in [7, 11) is 0. The third-order valence-corrected chi connectivity index (χ3v) is 4.32. The summed E-state index contributed by atoms with van der Waals surface area (Å²) < 4.78 is 5.72. The van der Waals surface area contributed by atoms with Crippen molar-refractivity contribution in [2.75, 3.05) is 18.1 Å². The lowest BCUT2D eigenvalue weighted by Gasteiger charge is -2.22. The highest BCUT2D eigenvalue weighted by Gasteiger charge is 2.50. The second kappa shape index (κ2) is 6.69. The molecule has 1 N–H and O–H groups in total. The molecule has 1 amide bonds. The van der Waals surface area contributed by atoms with E-state index in [1.807, 2.05) is 31.2 Å². The second-order valence-electron chi connectivity index (χ2n) is 6.38. The zero-order chi connectivity index (χ0) is 18.0. The quantitative estimate of drug-likeness (QED) is 0.878. The molecule has 0 saturated heterocycles. The first kappa shape index (κ1) is 17.2. The number of amides is 1. The van der Waals surface area contributed by atoms with Crippen LogP contribution in [0.4, 0.5) is 5.69 Å². The number of fused-ring (bicyclic) bond motifs is 1. The van der Waals surface area contributed by atoms with Crippen molar-refractivity contribution in [3.8, 4) is 5.75 Å². The summed E-state index contributed by atoms with van der Waals surface area (Å²) in [4.78, 5) is 25.8. The Hall–Kier alpha value is -2.66. The van der Waals surface area contributed by atoms with Gasteiger partial charge in [-0.2, -0.15) is 0 Å². The molecule has 1 heterocycles. The molecule has 0 fully saturated rings. The van der Waals surface area contributed by atoms with Gasteiger partial charge in [0.2, 0.25) is 0 Å². The Labute approximate surface area is 146 Å². The van der Waals surface area contributed by atoms with E-state index in [0.29, 0.717) is 24.4 Å². The van der Waals surface area contributed by atoms with E-state index in [-0.39, 0.29) is 12.2 Å². The van der Waals surface area contributed by atoms with Gasteiger partial charge in [0, 0.05) is 12.0 Å². The first-order valence-corrected chi connectivity index (χ1v) is 8.24. The summed E-state index contributed by atoms with van der Waals surface area (Å²) in [6.07, 6.45) is -0.224. The number of carbonyl (C=O) groups is 2. The predicted molar refractivity (Wildman–Crippen MR) is 94.7 cm³/mol. The Morgan fingerprint density at radius 2 is 1.96 bits per heavy atom. The van der Waals surface area contributed by atoms with Gasteiger partial charge >= 0.3 is 0 Å². The number of ketones is 1. The Bertz CT molecular complexity index is 817. The lowest BCUT2D eigenvalue weighted by Crippen LogP contribution is -2.43. The Morgan fingerprint density at radius 3 is 2.68 bits per heavy atom. The molecule has 0 spiro atoms. The number of ether oxygens (including phenoxy) is 1. The van der Waals surface area contributed by atoms with Crippen molar-refractivity contribution in [1.29, 1.82) is 0 Å². The van der Waals surface area contributed by atoms with Gasteiger partial charge in [-0.3, -0.25) is 9.59 Å². The van der Waals surface area contributed by atoms with Gasteiger partial charge in [-0.25, -0.2) is 0 Å². The number of carbonyl (C=O) groups excluding carboxylic acids is 2. The number of benzene rings is 2. The number of anilines is 1. The fraction of sp³-hybridized carbons (Fsp3) is 0.300. The zero-order valence-electron chi connectivity index (χ0n) is 14.4. The molecule has 2 aromatic rings. The number of Topliss-reactive ketones (excluding diaryl/α,β-unsaturated/α-hetero) is 1. The van der Waals surface area contributed by atoms with E-state index in [9.17, 15) is 14.7 Å². The lowest BCUT2D eigenvalue weighted by molar-refractivity contribution is -0.141. The largest absolute Gasteiger partial charge is 0.492 e. The van der Waals surface area contributed by atoms with Crippen molar-refractivity contribution in [1.82, 2.24) is 0 Å². The number of aryl methyl sites for hydroxylation is 1. The third kappa shape index (κ3) is 3.28. The maximum absolute atomic E-state index is 12.8. The fourth-order valence-corrected chi connectivity index (χ4v) is 3.22. The first-order chi connectivity index (χ1) is 11.9. The fourth-order valence-electron chi connectivity index (χ4n) is 3.22. The molecule has 1 atom stereocenters. The van der Waals surface area contributed by atoms with Gasteiger partial charge in [0.25, 0.3) is 5.91 Å². The third-order valence-electron chi connectivity index (χ3n) is 4.32. The normalized spacial score (nSPS) is 19.0. The number of hydrogen-bond acceptors (Lipinski definition) is 4. The number of hydrogen-bond donors (Lipinski definition) is 1. The molecule has 2 aromatic carbocycles. The molecule has 1 unspecified atom stereocenters. The molecule has 5 nitrogen and oxygen atoms in total. The first-order valence-electron chi connectivity index (χ1n) is 8.24. The van der Waals surface area contributed by atoms with Gasteiger partial charge in [0.1, 0.15) is 18.1 Å². The summed E-state index contributed by atoms with van der Waals surface area (Å²) in [5.41, 5.74) is 0.414. The van der Waals surface area contributed by atoms with Crippen molar-refractivity contribution >= 4 is 17.4 Å². The standard InChI is InChI=1S/C20H21NO4/c1-14-6-5-7-16(12-14)25-11-10-21-18-9-4-3-8-17(18)20(24,19(21)23)13-15(2)22/h3-9,12,24H,10-11,13H2,1-2H3. The summed E-state index contributed by atoms with van der Waals surface area (Å²) in [6.45, 7) is 3.94. The van der Waals surface area contributed by atoms with Gasteiger partial charge in [-0.1, -0.05) is 30.3 Å². The molecular formula is C20H21NO4. The maximum atomic E-state index is 12.8. The molecule has 0 aromatic heterocycles. The monoisotopic (exact) mass is 339 g/mol. The average Bonchev–Trinajstić information content (AvgIpc) is 2.76. The van der Waals surface area contributed by atoms with Gasteiger partial charge < -0.3 is 14.7 Å². The highest BCUT2D eigenvalue weighted by Crippen LogP contribution is 2.42. The molecule has 0 bridgehead atoms. The SMILES string of the molecule is CC(=O)CC1(O)C(=O)N(CCOc2cccc(C)c2)c2ccccc21. The van der Waals surface area contributed by atoms with Gasteiger partial charge in [-0.05, 0) is 37.6 Å². The van der Waals surface area contributed by atoms with Gasteiger partial charge in [0.15, 0.2) is 5.60 Å². The molecule has 1 aliphatic rings. The van der Waals surface area contributed by atoms with Crippen LogP contribution < -0.4 is 9.64 Å². The van der Waals surface area contributed by atoms with Crippen LogP contribution in [0.2, 0.25) is 0 Å². The van der Waals surface area contributed by atoms with Crippen LogP contribution in [0.1, 0.15) is 24.5 Å². The van der Waals surface area contributed by atoms with E-state index in [2.05, 4.69) is 0 Å². The topological polar surface area (TPSA) is 66.8 Å². The highest BCUT2D eigenvalue weighted by atomic mass is 16.5. The van der Waals surface area contributed by atoms with Crippen LogP contribution in [0.25, 0.3) is 0 Å². The molecular weight excluding hydrogens is 318 g/mol. The van der Waals surface area contributed by atoms with E-state index in [1.165, 1.54) is 11.8 Å².